The van der Waals surface area contributed by atoms with Gasteiger partial charge in [0.05, 0.1) is 27.9 Å². The Morgan fingerprint density at radius 2 is 1.54 bits per heavy atom. The molecule has 0 aromatic heterocycles. The molecule has 11 heteroatoms. The number of carbonyl (C=O) groups is 3. The maximum absolute atomic E-state index is 13.1. The molecule has 1 heterocycles. The lowest BCUT2D eigenvalue weighted by atomic mass is 10.1. The molecule has 1 aliphatic heterocycles. The summed E-state index contributed by atoms with van der Waals surface area (Å²) in [4.78, 5) is 41.7. The molecule has 11 nitrogen and oxygen atoms in total. The fourth-order valence-electron chi connectivity index (χ4n) is 3.99. The second-order valence-electron chi connectivity index (χ2n) is 8.33. The Kier molecular flexibility index (Phi) is 9.96. The van der Waals surface area contributed by atoms with Crippen LogP contribution in [0, 0.1) is 0 Å². The lowest BCUT2D eigenvalue weighted by Gasteiger charge is -2.26. The van der Waals surface area contributed by atoms with Crippen molar-refractivity contribution in [2.24, 2.45) is 0 Å². The highest BCUT2D eigenvalue weighted by molar-refractivity contribution is 5.98. The highest BCUT2D eigenvalue weighted by atomic mass is 16.6. The zero-order valence-electron chi connectivity index (χ0n) is 21.3. The van der Waals surface area contributed by atoms with E-state index in [9.17, 15) is 19.5 Å². The van der Waals surface area contributed by atoms with Crippen LogP contribution in [0.1, 0.15) is 22.3 Å². The van der Waals surface area contributed by atoms with E-state index >= 15 is 0 Å². The van der Waals surface area contributed by atoms with E-state index < -0.39 is 30.6 Å². The monoisotopic (exact) mass is 515 g/mol. The first-order chi connectivity index (χ1) is 17.9. The van der Waals surface area contributed by atoms with Crippen molar-refractivity contribution in [2.75, 3.05) is 54.1 Å². The van der Waals surface area contributed by atoms with Crippen molar-refractivity contribution in [1.29, 1.82) is 0 Å². The maximum atomic E-state index is 13.1. The number of methoxy groups -OCH3 is 3. The standard InChI is InChI=1S/C26H33N3O8/c1-34-21-14-19(15-22(35-2)23(21)36-3)24(31)27-20(16-30)25(32)28-10-7-11-29(13-12-28)26(33)37-17-18-8-5-4-6-9-18/h4-6,8-9,14-15,20,30H,7,10-13,16-17H2,1-3H3,(H,27,31). The van der Waals surface area contributed by atoms with E-state index in [1.165, 1.54) is 38.4 Å². The molecule has 0 bridgehead atoms. The number of hydrogen-bond acceptors (Lipinski definition) is 8. The second kappa shape index (κ2) is 13.4. The number of nitrogens with zero attached hydrogens (tertiary/aromatic N) is 2. The summed E-state index contributed by atoms with van der Waals surface area (Å²) in [6, 6.07) is 11.1. The Hall–Kier alpha value is -3.99. The van der Waals surface area contributed by atoms with E-state index in [1.54, 1.807) is 4.90 Å². The molecule has 1 atom stereocenters. The van der Waals surface area contributed by atoms with E-state index in [0.717, 1.165) is 5.56 Å². The summed E-state index contributed by atoms with van der Waals surface area (Å²) >= 11 is 0. The predicted octanol–water partition coefficient (Wildman–Crippen LogP) is 1.67. The molecule has 37 heavy (non-hydrogen) atoms. The Morgan fingerprint density at radius 1 is 0.919 bits per heavy atom. The van der Waals surface area contributed by atoms with Crippen LogP contribution in [0.5, 0.6) is 17.2 Å². The summed E-state index contributed by atoms with van der Waals surface area (Å²) in [5.41, 5.74) is 1.06. The number of rotatable bonds is 9. The van der Waals surface area contributed by atoms with Crippen molar-refractivity contribution in [3.63, 3.8) is 0 Å². The van der Waals surface area contributed by atoms with Crippen LogP contribution in [0.4, 0.5) is 4.79 Å². The van der Waals surface area contributed by atoms with Crippen LogP contribution in [0.3, 0.4) is 0 Å². The van der Waals surface area contributed by atoms with Gasteiger partial charge in [-0.15, -0.1) is 0 Å². The van der Waals surface area contributed by atoms with Crippen LogP contribution in [0.15, 0.2) is 42.5 Å². The Labute approximate surface area is 215 Å². The zero-order valence-corrected chi connectivity index (χ0v) is 21.3. The van der Waals surface area contributed by atoms with Crippen LogP contribution < -0.4 is 19.5 Å². The quantitative estimate of drug-likeness (QED) is 0.517. The van der Waals surface area contributed by atoms with Gasteiger partial charge >= 0.3 is 6.09 Å². The number of benzene rings is 2. The van der Waals surface area contributed by atoms with E-state index in [0.29, 0.717) is 25.3 Å². The number of nitrogens with one attached hydrogen (secondary N) is 1. The van der Waals surface area contributed by atoms with Crippen molar-refractivity contribution in [1.82, 2.24) is 15.1 Å². The largest absolute Gasteiger partial charge is 0.493 e. The predicted molar refractivity (Wildman–Crippen MR) is 134 cm³/mol. The molecule has 0 radical (unpaired) electrons. The van der Waals surface area contributed by atoms with E-state index in [4.69, 9.17) is 18.9 Å². The first-order valence-electron chi connectivity index (χ1n) is 11.9. The molecule has 1 unspecified atom stereocenters. The van der Waals surface area contributed by atoms with Crippen LogP contribution >= 0.6 is 0 Å². The fraction of sp³-hybridized carbons (Fsp3) is 0.423. The summed E-state index contributed by atoms with van der Waals surface area (Å²) < 4.78 is 21.2. The smallest absolute Gasteiger partial charge is 0.410 e. The van der Waals surface area contributed by atoms with Gasteiger partial charge in [-0.25, -0.2) is 4.79 Å². The van der Waals surface area contributed by atoms with Crippen LogP contribution in [0.2, 0.25) is 0 Å². The Bertz CT molecular complexity index is 1050. The number of aliphatic hydroxyl groups is 1. The molecule has 3 rings (SSSR count). The average Bonchev–Trinajstić information content (AvgIpc) is 3.20. The van der Waals surface area contributed by atoms with Gasteiger partial charge in [0.1, 0.15) is 12.6 Å². The molecule has 1 saturated heterocycles. The summed E-state index contributed by atoms with van der Waals surface area (Å²) in [6.45, 7) is 0.900. The number of hydrogen-bond donors (Lipinski definition) is 2. The van der Waals surface area contributed by atoms with E-state index in [1.807, 2.05) is 30.3 Å². The van der Waals surface area contributed by atoms with Gasteiger partial charge in [-0.1, -0.05) is 30.3 Å². The highest BCUT2D eigenvalue weighted by Crippen LogP contribution is 2.38. The molecule has 0 saturated carbocycles. The van der Waals surface area contributed by atoms with E-state index in [2.05, 4.69) is 5.32 Å². The van der Waals surface area contributed by atoms with Crippen molar-refractivity contribution in [3.8, 4) is 17.2 Å². The van der Waals surface area contributed by atoms with Gasteiger partial charge < -0.3 is 39.2 Å². The summed E-state index contributed by atoms with van der Waals surface area (Å²) in [7, 11) is 4.31. The SMILES string of the molecule is COc1cc(C(=O)NC(CO)C(=O)N2CCCN(C(=O)OCc3ccccc3)CC2)cc(OC)c1OC. The third-order valence-corrected chi connectivity index (χ3v) is 5.98. The lowest BCUT2D eigenvalue weighted by Crippen LogP contribution is -2.51. The first kappa shape index (κ1) is 27.6. The molecule has 200 valence electrons. The number of carbonyl (C=O) groups excluding carboxylic acids is 3. The van der Waals surface area contributed by atoms with Gasteiger partial charge in [0.15, 0.2) is 11.5 Å². The van der Waals surface area contributed by atoms with Gasteiger partial charge in [0.2, 0.25) is 11.7 Å². The van der Waals surface area contributed by atoms with E-state index in [-0.39, 0.29) is 36.8 Å². The normalized spacial score (nSPS) is 14.3. The highest BCUT2D eigenvalue weighted by Gasteiger charge is 2.29. The first-order valence-corrected chi connectivity index (χ1v) is 11.9. The third-order valence-electron chi connectivity index (χ3n) is 5.98. The minimum Gasteiger partial charge on any atom is -0.493 e. The van der Waals surface area contributed by atoms with Gasteiger partial charge in [-0.3, -0.25) is 9.59 Å². The topological polar surface area (TPSA) is 127 Å². The molecule has 3 amide bonds. The Balaban J connectivity index is 1.60. The third kappa shape index (κ3) is 7.04. The maximum Gasteiger partial charge on any atom is 0.410 e. The van der Waals surface area contributed by atoms with Gasteiger partial charge in [-0.05, 0) is 24.1 Å². The summed E-state index contributed by atoms with van der Waals surface area (Å²) in [5.74, 6) is -0.139. The molecule has 0 aliphatic carbocycles. The van der Waals surface area contributed by atoms with Gasteiger partial charge in [-0.2, -0.15) is 0 Å². The Morgan fingerprint density at radius 3 is 2.14 bits per heavy atom. The zero-order chi connectivity index (χ0) is 26.8. The van der Waals surface area contributed by atoms with Crippen molar-refractivity contribution in [3.05, 3.63) is 53.6 Å². The van der Waals surface area contributed by atoms with Crippen LogP contribution in [-0.2, 0) is 16.1 Å². The number of amides is 3. The molecule has 2 N–H and O–H groups in total. The fourth-order valence-corrected chi connectivity index (χ4v) is 3.99. The molecular formula is C26H33N3O8. The number of aliphatic hydroxyl groups excluding tert-OH is 1. The average molecular weight is 516 g/mol. The molecular weight excluding hydrogens is 482 g/mol. The summed E-state index contributed by atoms with van der Waals surface area (Å²) in [5, 5.41) is 12.5. The molecule has 1 fully saturated rings. The second-order valence-corrected chi connectivity index (χ2v) is 8.33. The number of ether oxygens (including phenoxy) is 4. The summed E-state index contributed by atoms with van der Waals surface area (Å²) in [6.07, 6.45) is 0.0816. The minimum absolute atomic E-state index is 0.165. The molecule has 1 aliphatic rings. The minimum atomic E-state index is -1.16. The van der Waals surface area contributed by atoms with Crippen molar-refractivity contribution in [2.45, 2.75) is 19.1 Å². The molecule has 0 spiro atoms. The molecule has 2 aromatic rings. The van der Waals surface area contributed by atoms with Crippen molar-refractivity contribution >= 4 is 17.9 Å². The van der Waals surface area contributed by atoms with Gasteiger partial charge in [0, 0.05) is 31.7 Å². The van der Waals surface area contributed by atoms with Crippen LogP contribution in [0.25, 0.3) is 0 Å². The van der Waals surface area contributed by atoms with Crippen molar-refractivity contribution < 1.29 is 38.4 Å². The molecule has 2 aromatic carbocycles. The van der Waals surface area contributed by atoms with Crippen LogP contribution in [-0.4, -0.2) is 93.0 Å². The lowest BCUT2D eigenvalue weighted by molar-refractivity contribution is -0.134. The van der Waals surface area contributed by atoms with Gasteiger partial charge in [0.25, 0.3) is 5.91 Å².